The molecule has 2 heterocycles. The number of hydrogen-bond donors (Lipinski definition) is 0. The topological polar surface area (TPSA) is 48.0 Å². The van der Waals surface area contributed by atoms with Gasteiger partial charge < -0.3 is 19.1 Å². The van der Waals surface area contributed by atoms with Crippen LogP contribution in [0, 0.1) is 18.3 Å². The Labute approximate surface area is 142 Å². The maximum absolute atomic E-state index is 12.4. The van der Waals surface area contributed by atoms with E-state index < -0.39 is 0 Å². The molecule has 1 atom stereocenters. The normalized spacial score (nSPS) is 19.5. The minimum Gasteiger partial charge on any atom is -0.454 e. The standard InChI is InChI=1S/C19H21NO4/c1-2-10-22-13-16-4-3-9-20(12-16)19(21)8-6-15-5-7-17-18(11-15)24-14-23-17/h1,5-8,11,16H,3-4,9-10,12-14H2/b8-6+. The number of terminal acetylenes is 1. The lowest BCUT2D eigenvalue weighted by molar-refractivity contribution is -0.128. The van der Waals surface area contributed by atoms with Crippen molar-refractivity contribution in [3.63, 3.8) is 0 Å². The van der Waals surface area contributed by atoms with E-state index in [9.17, 15) is 4.79 Å². The number of likely N-dealkylation sites (tertiary alicyclic amines) is 1. The van der Waals surface area contributed by atoms with Gasteiger partial charge in [0, 0.05) is 25.1 Å². The van der Waals surface area contributed by atoms with Crippen LogP contribution in [0.3, 0.4) is 0 Å². The van der Waals surface area contributed by atoms with Crippen LogP contribution in [0.1, 0.15) is 18.4 Å². The Morgan fingerprint density at radius 2 is 2.29 bits per heavy atom. The smallest absolute Gasteiger partial charge is 0.246 e. The lowest BCUT2D eigenvalue weighted by Gasteiger charge is -2.31. The van der Waals surface area contributed by atoms with Gasteiger partial charge in [-0.05, 0) is 36.6 Å². The number of piperidine rings is 1. The van der Waals surface area contributed by atoms with Crippen LogP contribution < -0.4 is 9.47 Å². The van der Waals surface area contributed by atoms with Gasteiger partial charge in [-0.15, -0.1) is 6.42 Å². The minimum atomic E-state index is 0.0225. The fourth-order valence-corrected chi connectivity index (χ4v) is 2.98. The van der Waals surface area contributed by atoms with Crippen LogP contribution in [0.15, 0.2) is 24.3 Å². The molecular formula is C19H21NO4. The molecule has 24 heavy (non-hydrogen) atoms. The second-order valence-electron chi connectivity index (χ2n) is 5.96. The Balaban J connectivity index is 1.55. The van der Waals surface area contributed by atoms with Gasteiger partial charge in [0.25, 0.3) is 0 Å². The van der Waals surface area contributed by atoms with E-state index in [1.165, 1.54) is 0 Å². The quantitative estimate of drug-likeness (QED) is 0.473. The van der Waals surface area contributed by atoms with Gasteiger partial charge in [0.2, 0.25) is 12.7 Å². The predicted molar refractivity (Wildman–Crippen MR) is 90.6 cm³/mol. The van der Waals surface area contributed by atoms with E-state index in [1.807, 2.05) is 29.2 Å². The molecule has 0 aromatic heterocycles. The van der Waals surface area contributed by atoms with Gasteiger partial charge in [0.05, 0.1) is 6.61 Å². The summed E-state index contributed by atoms with van der Waals surface area (Å²) in [4.78, 5) is 14.3. The van der Waals surface area contributed by atoms with Gasteiger partial charge in [-0.25, -0.2) is 0 Å². The summed E-state index contributed by atoms with van der Waals surface area (Å²) in [5.41, 5.74) is 0.915. The van der Waals surface area contributed by atoms with E-state index in [4.69, 9.17) is 20.6 Å². The van der Waals surface area contributed by atoms with Crippen molar-refractivity contribution in [2.45, 2.75) is 12.8 Å². The molecule has 0 aliphatic carbocycles. The first-order valence-electron chi connectivity index (χ1n) is 8.14. The van der Waals surface area contributed by atoms with E-state index in [-0.39, 0.29) is 12.7 Å². The second kappa shape index (κ2) is 7.89. The molecule has 3 rings (SSSR count). The first-order chi connectivity index (χ1) is 11.8. The zero-order valence-electron chi connectivity index (χ0n) is 13.6. The van der Waals surface area contributed by atoms with Crippen LogP contribution in [0.25, 0.3) is 6.08 Å². The molecule has 1 amide bonds. The Kier molecular flexibility index (Phi) is 5.39. The molecule has 0 N–H and O–H groups in total. The van der Waals surface area contributed by atoms with Crippen LogP contribution in [-0.4, -0.2) is 43.9 Å². The summed E-state index contributed by atoms with van der Waals surface area (Å²) < 4.78 is 16.0. The third-order valence-corrected chi connectivity index (χ3v) is 4.18. The zero-order chi connectivity index (χ0) is 16.8. The summed E-state index contributed by atoms with van der Waals surface area (Å²) in [6.07, 6.45) is 10.7. The average Bonchev–Trinajstić information content (AvgIpc) is 3.08. The van der Waals surface area contributed by atoms with E-state index in [2.05, 4.69) is 5.92 Å². The van der Waals surface area contributed by atoms with E-state index in [0.29, 0.717) is 24.9 Å². The van der Waals surface area contributed by atoms with Crippen LogP contribution >= 0.6 is 0 Å². The first kappa shape index (κ1) is 16.4. The van der Waals surface area contributed by atoms with Crippen molar-refractivity contribution in [3.8, 4) is 23.8 Å². The third kappa shape index (κ3) is 4.09. The van der Waals surface area contributed by atoms with E-state index in [0.717, 1.165) is 37.2 Å². The summed E-state index contributed by atoms with van der Waals surface area (Å²) >= 11 is 0. The summed E-state index contributed by atoms with van der Waals surface area (Å²) in [5.74, 6) is 4.30. The number of carbonyl (C=O) groups is 1. The molecule has 1 aromatic rings. The first-order valence-corrected chi connectivity index (χ1v) is 8.14. The fraction of sp³-hybridized carbons (Fsp3) is 0.421. The number of fused-ring (bicyclic) bond motifs is 1. The molecule has 0 spiro atoms. The molecule has 5 heteroatoms. The Hall–Kier alpha value is -2.45. The number of benzene rings is 1. The highest BCUT2D eigenvalue weighted by atomic mass is 16.7. The molecule has 2 aliphatic rings. The van der Waals surface area contributed by atoms with Crippen LogP contribution in [0.5, 0.6) is 11.5 Å². The number of hydrogen-bond acceptors (Lipinski definition) is 4. The fourth-order valence-electron chi connectivity index (χ4n) is 2.98. The minimum absolute atomic E-state index is 0.0225. The van der Waals surface area contributed by atoms with Crippen LogP contribution in [-0.2, 0) is 9.53 Å². The Morgan fingerprint density at radius 1 is 1.42 bits per heavy atom. The molecular weight excluding hydrogens is 306 g/mol. The maximum atomic E-state index is 12.4. The van der Waals surface area contributed by atoms with Gasteiger partial charge in [-0.1, -0.05) is 12.0 Å². The van der Waals surface area contributed by atoms with Gasteiger partial charge in [-0.2, -0.15) is 0 Å². The molecule has 1 saturated heterocycles. The monoisotopic (exact) mass is 327 g/mol. The molecule has 1 unspecified atom stereocenters. The van der Waals surface area contributed by atoms with Crippen molar-refractivity contribution in [2.75, 3.05) is 33.1 Å². The van der Waals surface area contributed by atoms with Gasteiger partial charge in [0.1, 0.15) is 6.61 Å². The molecule has 0 saturated carbocycles. The second-order valence-corrected chi connectivity index (χ2v) is 5.96. The predicted octanol–water partition coefficient (Wildman–Crippen LogP) is 2.32. The van der Waals surface area contributed by atoms with Crippen LogP contribution in [0.4, 0.5) is 0 Å². The Morgan fingerprint density at radius 3 is 3.17 bits per heavy atom. The molecule has 1 aromatic carbocycles. The SMILES string of the molecule is C#CCOCC1CCCN(C(=O)/C=C/c2ccc3c(c2)OCO3)C1. The number of rotatable bonds is 5. The summed E-state index contributed by atoms with van der Waals surface area (Å²) in [7, 11) is 0. The summed E-state index contributed by atoms with van der Waals surface area (Å²) in [5, 5.41) is 0. The van der Waals surface area contributed by atoms with Crippen molar-refractivity contribution in [1.82, 2.24) is 4.90 Å². The number of amides is 1. The molecule has 1 fully saturated rings. The number of carbonyl (C=O) groups excluding carboxylic acids is 1. The van der Waals surface area contributed by atoms with Crippen molar-refractivity contribution >= 4 is 12.0 Å². The maximum Gasteiger partial charge on any atom is 0.246 e. The molecule has 0 radical (unpaired) electrons. The third-order valence-electron chi connectivity index (χ3n) is 4.18. The molecule has 5 nitrogen and oxygen atoms in total. The van der Waals surface area contributed by atoms with Crippen molar-refractivity contribution in [3.05, 3.63) is 29.8 Å². The zero-order valence-corrected chi connectivity index (χ0v) is 13.6. The molecule has 126 valence electrons. The van der Waals surface area contributed by atoms with Gasteiger partial charge in [-0.3, -0.25) is 4.79 Å². The average molecular weight is 327 g/mol. The number of nitrogens with zero attached hydrogens (tertiary/aromatic N) is 1. The Bertz CT molecular complexity index is 662. The lowest BCUT2D eigenvalue weighted by Crippen LogP contribution is -2.40. The van der Waals surface area contributed by atoms with Gasteiger partial charge in [0.15, 0.2) is 11.5 Å². The van der Waals surface area contributed by atoms with Crippen molar-refractivity contribution < 1.29 is 19.0 Å². The summed E-state index contributed by atoms with van der Waals surface area (Å²) in [6, 6.07) is 5.63. The lowest BCUT2D eigenvalue weighted by atomic mass is 9.99. The van der Waals surface area contributed by atoms with Crippen molar-refractivity contribution in [1.29, 1.82) is 0 Å². The highest BCUT2D eigenvalue weighted by Gasteiger charge is 2.22. The molecule has 2 aliphatic heterocycles. The largest absolute Gasteiger partial charge is 0.454 e. The van der Waals surface area contributed by atoms with Gasteiger partial charge >= 0.3 is 0 Å². The van der Waals surface area contributed by atoms with E-state index >= 15 is 0 Å². The highest BCUT2D eigenvalue weighted by molar-refractivity contribution is 5.92. The summed E-state index contributed by atoms with van der Waals surface area (Å²) in [6.45, 7) is 2.69. The van der Waals surface area contributed by atoms with Crippen molar-refractivity contribution in [2.24, 2.45) is 5.92 Å². The van der Waals surface area contributed by atoms with E-state index in [1.54, 1.807) is 6.08 Å². The number of ether oxygens (including phenoxy) is 3. The van der Waals surface area contributed by atoms with Crippen LogP contribution in [0.2, 0.25) is 0 Å². The molecule has 0 bridgehead atoms. The highest BCUT2D eigenvalue weighted by Crippen LogP contribution is 2.32.